The first-order valence-electron chi connectivity index (χ1n) is 11.9. The Balaban J connectivity index is 1.69. The van der Waals surface area contributed by atoms with Crippen LogP contribution in [0, 0.1) is 5.41 Å². The fourth-order valence-corrected chi connectivity index (χ4v) is 5.00. The van der Waals surface area contributed by atoms with Crippen molar-refractivity contribution < 1.29 is 14.2 Å². The van der Waals surface area contributed by atoms with Gasteiger partial charge in [-0.25, -0.2) is 10.5 Å². The average Bonchev–Trinajstić information content (AvgIpc) is 3.75. The van der Waals surface area contributed by atoms with Crippen molar-refractivity contribution in [3.63, 3.8) is 0 Å². The first-order valence-corrected chi connectivity index (χ1v) is 13.0. The number of nitrogens with one attached hydrogen (secondary N) is 4. The lowest BCUT2D eigenvalue weighted by atomic mass is 10.1. The van der Waals surface area contributed by atoms with Gasteiger partial charge in [-0.1, -0.05) is 12.1 Å². The van der Waals surface area contributed by atoms with E-state index >= 15 is 0 Å². The number of benzene rings is 1. The molecule has 0 spiro atoms. The molecule has 0 radical (unpaired) electrons. The van der Waals surface area contributed by atoms with Crippen molar-refractivity contribution in [2.24, 2.45) is 0 Å². The predicted octanol–water partition coefficient (Wildman–Crippen LogP) is 4.61. The standard InChI is InChI=1S/C25H32N6O3S/c1-4-6-23(26)29-24-14-21(19(15-27-24)25(32)30-34-5-2)28-20-12-9-17(16-7-8-16)13-22(20)31(3)35(33)18-10-11-18/h4,6,9,12-16,18H,5,7-8,10-11H2,1-3H3,(H,30,32)(H3,26,27,28,29)/b6-4-. The van der Waals surface area contributed by atoms with E-state index in [0.717, 1.165) is 24.2 Å². The van der Waals surface area contributed by atoms with Crippen molar-refractivity contribution in [3.05, 3.63) is 53.7 Å². The minimum atomic E-state index is -1.13. The highest BCUT2D eigenvalue weighted by Gasteiger charge is 2.39. The summed E-state index contributed by atoms with van der Waals surface area (Å²) in [6.45, 7) is 3.93. The van der Waals surface area contributed by atoms with E-state index in [0.29, 0.717) is 24.0 Å². The van der Waals surface area contributed by atoms with E-state index in [9.17, 15) is 9.35 Å². The molecule has 2 saturated carbocycles. The van der Waals surface area contributed by atoms with Crippen LogP contribution in [0.2, 0.25) is 0 Å². The molecule has 2 aliphatic rings. The summed E-state index contributed by atoms with van der Waals surface area (Å²) in [6.07, 6.45) is 9.08. The molecule has 2 fully saturated rings. The van der Waals surface area contributed by atoms with Crippen LogP contribution in [0.5, 0.6) is 0 Å². The summed E-state index contributed by atoms with van der Waals surface area (Å²) in [4.78, 5) is 22.2. The van der Waals surface area contributed by atoms with Gasteiger partial charge in [0.1, 0.15) is 22.6 Å². The first kappa shape index (κ1) is 25.0. The minimum Gasteiger partial charge on any atom is -0.593 e. The first-order chi connectivity index (χ1) is 16.9. The maximum absolute atomic E-state index is 13.0. The van der Waals surface area contributed by atoms with Gasteiger partial charge in [-0.05, 0) is 56.4 Å². The van der Waals surface area contributed by atoms with Gasteiger partial charge in [0.15, 0.2) is 0 Å². The summed E-state index contributed by atoms with van der Waals surface area (Å²) in [5.41, 5.74) is 5.97. The van der Waals surface area contributed by atoms with E-state index in [-0.39, 0.29) is 16.6 Å². The van der Waals surface area contributed by atoms with Crippen molar-refractivity contribution in [2.45, 2.75) is 50.7 Å². The normalized spacial score (nSPS) is 16.1. The number of amidine groups is 1. The van der Waals surface area contributed by atoms with Gasteiger partial charge in [-0.15, -0.1) is 0 Å². The zero-order chi connectivity index (χ0) is 24.9. The molecule has 2 aromatic rings. The molecule has 186 valence electrons. The van der Waals surface area contributed by atoms with E-state index in [4.69, 9.17) is 10.2 Å². The van der Waals surface area contributed by atoms with Crippen molar-refractivity contribution in [1.82, 2.24) is 10.5 Å². The molecule has 1 unspecified atom stereocenters. The number of anilines is 4. The number of carbonyl (C=O) groups excluding carboxylic acids is 1. The Morgan fingerprint density at radius 2 is 2.06 bits per heavy atom. The van der Waals surface area contributed by atoms with Crippen molar-refractivity contribution in [2.75, 3.05) is 28.6 Å². The Morgan fingerprint density at radius 3 is 2.71 bits per heavy atom. The quantitative estimate of drug-likeness (QED) is 0.155. The average molecular weight is 497 g/mol. The maximum Gasteiger partial charge on any atom is 0.278 e. The highest BCUT2D eigenvalue weighted by Crippen LogP contribution is 2.44. The van der Waals surface area contributed by atoms with Crippen LogP contribution in [0.1, 0.15) is 61.4 Å². The van der Waals surface area contributed by atoms with E-state index < -0.39 is 17.3 Å². The predicted molar refractivity (Wildman–Crippen MR) is 141 cm³/mol. The molecule has 1 aromatic heterocycles. The molecule has 4 rings (SSSR count). The number of pyridine rings is 1. The number of allylic oxidation sites excluding steroid dienone is 1. The topological polar surface area (TPSA) is 125 Å². The Labute approximate surface area is 209 Å². The van der Waals surface area contributed by atoms with Crippen LogP contribution in [0.3, 0.4) is 0 Å². The monoisotopic (exact) mass is 496 g/mol. The molecule has 0 saturated heterocycles. The van der Waals surface area contributed by atoms with Crippen LogP contribution < -0.4 is 20.4 Å². The van der Waals surface area contributed by atoms with E-state index in [1.807, 2.05) is 24.3 Å². The van der Waals surface area contributed by atoms with Crippen LogP contribution in [-0.4, -0.2) is 40.2 Å². The molecule has 4 N–H and O–H groups in total. The Morgan fingerprint density at radius 1 is 1.29 bits per heavy atom. The van der Waals surface area contributed by atoms with Crippen LogP contribution in [0.15, 0.2) is 42.6 Å². The third-order valence-electron chi connectivity index (χ3n) is 5.81. The molecule has 2 aliphatic carbocycles. The van der Waals surface area contributed by atoms with Crippen molar-refractivity contribution >= 4 is 46.0 Å². The minimum absolute atomic E-state index is 0.173. The lowest BCUT2D eigenvalue weighted by Gasteiger charge is -2.25. The van der Waals surface area contributed by atoms with Gasteiger partial charge in [0.25, 0.3) is 5.91 Å². The van der Waals surface area contributed by atoms with Crippen LogP contribution >= 0.6 is 0 Å². The number of hydroxylamine groups is 1. The molecule has 1 atom stereocenters. The highest BCUT2D eigenvalue weighted by atomic mass is 32.2. The number of rotatable bonds is 11. The third kappa shape index (κ3) is 6.33. The van der Waals surface area contributed by atoms with Gasteiger partial charge >= 0.3 is 0 Å². The van der Waals surface area contributed by atoms with Crippen molar-refractivity contribution in [1.29, 1.82) is 5.41 Å². The van der Waals surface area contributed by atoms with Gasteiger partial charge in [0.05, 0.1) is 42.0 Å². The summed E-state index contributed by atoms with van der Waals surface area (Å²) < 4.78 is 14.8. The summed E-state index contributed by atoms with van der Waals surface area (Å²) in [5.74, 6) is 0.691. The van der Waals surface area contributed by atoms with E-state index in [2.05, 4.69) is 33.2 Å². The Hall–Kier alpha value is -3.08. The van der Waals surface area contributed by atoms with Crippen LogP contribution in [0.25, 0.3) is 0 Å². The number of amides is 1. The third-order valence-corrected chi connectivity index (χ3v) is 7.59. The number of hydrogen-bond donors (Lipinski definition) is 4. The summed E-state index contributed by atoms with van der Waals surface area (Å²) in [7, 11) is 1.85. The number of hydrogen-bond acceptors (Lipinski definition) is 7. The SMILES string of the molecule is C/C=C\C(=N)Nc1cc(Nc2ccc(C3CC3)cc2N(C)[S+]([O-])C2CC2)c(C(=O)NOCC)cn1. The molecule has 0 bridgehead atoms. The molecule has 0 aliphatic heterocycles. The lowest BCUT2D eigenvalue weighted by Crippen LogP contribution is -2.30. The Kier molecular flexibility index (Phi) is 7.94. The second kappa shape index (κ2) is 11.1. The summed E-state index contributed by atoms with van der Waals surface area (Å²) >= 11 is -1.13. The Bertz CT molecular complexity index is 1120. The van der Waals surface area contributed by atoms with E-state index in [1.165, 1.54) is 24.6 Å². The second-order valence-electron chi connectivity index (χ2n) is 8.67. The zero-order valence-corrected chi connectivity index (χ0v) is 21.1. The van der Waals surface area contributed by atoms with Crippen LogP contribution in [-0.2, 0) is 16.2 Å². The maximum atomic E-state index is 13.0. The molecule has 9 nitrogen and oxygen atoms in total. The molecule has 1 heterocycles. The van der Waals surface area contributed by atoms with Gasteiger partial charge < -0.3 is 15.2 Å². The molecule has 10 heteroatoms. The molecule has 1 aromatic carbocycles. The summed E-state index contributed by atoms with van der Waals surface area (Å²) in [5, 5.41) is 14.5. The smallest absolute Gasteiger partial charge is 0.278 e. The zero-order valence-electron chi connectivity index (χ0n) is 20.3. The van der Waals surface area contributed by atoms with Crippen LogP contribution in [0.4, 0.5) is 22.9 Å². The largest absolute Gasteiger partial charge is 0.593 e. The molecule has 35 heavy (non-hydrogen) atoms. The molecular formula is C25H32N6O3S. The van der Waals surface area contributed by atoms with Gasteiger partial charge in [0, 0.05) is 25.1 Å². The fourth-order valence-electron chi connectivity index (χ4n) is 3.67. The number of aromatic nitrogens is 1. The summed E-state index contributed by atoms with van der Waals surface area (Å²) in [6, 6.07) is 7.83. The van der Waals surface area contributed by atoms with Gasteiger partial charge in [0.2, 0.25) is 0 Å². The molecule has 1 amide bonds. The van der Waals surface area contributed by atoms with Gasteiger partial charge in [-0.2, -0.15) is 4.31 Å². The van der Waals surface area contributed by atoms with Crippen molar-refractivity contribution in [3.8, 4) is 0 Å². The lowest BCUT2D eigenvalue weighted by molar-refractivity contribution is 0.0365. The highest BCUT2D eigenvalue weighted by molar-refractivity contribution is 7.93. The second-order valence-corrected chi connectivity index (χ2v) is 10.4. The number of nitrogens with zero attached hydrogens (tertiary/aromatic N) is 2. The van der Waals surface area contributed by atoms with E-state index in [1.54, 1.807) is 25.1 Å². The number of carbonyl (C=O) groups is 1. The fraction of sp³-hybridized carbons (Fsp3) is 0.400. The molecular weight excluding hydrogens is 464 g/mol. The van der Waals surface area contributed by atoms with Gasteiger partial charge in [-0.3, -0.25) is 15.0 Å².